The molecule has 2 unspecified atom stereocenters. The highest BCUT2D eigenvalue weighted by Crippen LogP contribution is 2.38. The van der Waals surface area contributed by atoms with Crippen LogP contribution >= 0.6 is 0 Å². The van der Waals surface area contributed by atoms with E-state index >= 15 is 0 Å². The first-order valence-corrected chi connectivity index (χ1v) is 5.99. The van der Waals surface area contributed by atoms with E-state index in [1.165, 1.54) is 12.1 Å². The van der Waals surface area contributed by atoms with Crippen molar-refractivity contribution >= 4 is 5.69 Å². The summed E-state index contributed by atoms with van der Waals surface area (Å²) >= 11 is 0. The van der Waals surface area contributed by atoms with Gasteiger partial charge in [-0.25, -0.2) is 0 Å². The lowest BCUT2D eigenvalue weighted by Gasteiger charge is -2.28. The molecule has 2 rings (SSSR count). The van der Waals surface area contributed by atoms with Gasteiger partial charge >= 0.3 is 6.18 Å². The van der Waals surface area contributed by atoms with Gasteiger partial charge < -0.3 is 10.0 Å². The van der Waals surface area contributed by atoms with Crippen molar-refractivity contribution in [3.8, 4) is 0 Å². The maximum Gasteiger partial charge on any atom is 0.416 e. The molecule has 5 heteroatoms. The molecule has 18 heavy (non-hydrogen) atoms. The average molecular weight is 259 g/mol. The Morgan fingerprint density at radius 2 is 2.11 bits per heavy atom. The fourth-order valence-electron chi connectivity index (χ4n) is 2.56. The van der Waals surface area contributed by atoms with Crippen LogP contribution < -0.4 is 4.90 Å². The highest BCUT2D eigenvalue weighted by molar-refractivity contribution is 5.61. The van der Waals surface area contributed by atoms with Gasteiger partial charge in [0.2, 0.25) is 0 Å². The molecule has 1 aliphatic rings. The minimum absolute atomic E-state index is 0.131. The summed E-state index contributed by atoms with van der Waals surface area (Å²) in [6.07, 6.45) is -4.41. The summed E-state index contributed by atoms with van der Waals surface area (Å²) in [5.74, 6) is 0. The molecule has 0 amide bonds. The zero-order valence-electron chi connectivity index (χ0n) is 10.3. The van der Waals surface area contributed by atoms with Crippen molar-refractivity contribution in [2.75, 3.05) is 11.4 Å². The number of likely N-dealkylation sites (N-methyl/N-ethyl adjacent to an activating group) is 1. The van der Waals surface area contributed by atoms with Gasteiger partial charge in [-0.3, -0.25) is 0 Å². The molecule has 2 atom stereocenters. The first kappa shape index (κ1) is 13.2. The molecule has 0 bridgehead atoms. The minimum Gasteiger partial charge on any atom is -0.391 e. The normalized spacial score (nSPS) is 21.0. The molecule has 2 nitrogen and oxygen atoms in total. The summed E-state index contributed by atoms with van der Waals surface area (Å²) < 4.78 is 37.9. The van der Waals surface area contributed by atoms with Crippen LogP contribution in [-0.2, 0) is 12.6 Å². The first-order valence-electron chi connectivity index (χ1n) is 5.99. The van der Waals surface area contributed by atoms with Crippen LogP contribution in [0, 0.1) is 0 Å². The summed E-state index contributed by atoms with van der Waals surface area (Å²) in [5, 5.41) is 9.69. The van der Waals surface area contributed by atoms with Crippen molar-refractivity contribution in [3.63, 3.8) is 0 Å². The Bertz CT molecular complexity index is 442. The second kappa shape index (κ2) is 4.46. The average Bonchev–Trinajstić information content (AvgIpc) is 2.65. The largest absolute Gasteiger partial charge is 0.416 e. The van der Waals surface area contributed by atoms with E-state index in [0.29, 0.717) is 18.5 Å². The standard InChI is InChI=1S/C13H16F3NO/c1-3-17-11-5-4-10(13(14,15)16)6-9(11)7-12(17)8(2)18/h4-6,8,12,18H,3,7H2,1-2H3. The maximum absolute atomic E-state index is 12.6. The lowest BCUT2D eigenvalue weighted by atomic mass is 10.0. The van der Waals surface area contributed by atoms with Crippen LogP contribution in [0.2, 0.25) is 0 Å². The number of hydrogen-bond donors (Lipinski definition) is 1. The lowest BCUT2D eigenvalue weighted by Crippen LogP contribution is -2.39. The number of halogens is 3. The number of fused-ring (bicyclic) bond motifs is 1. The van der Waals surface area contributed by atoms with Crippen LogP contribution in [0.1, 0.15) is 25.0 Å². The Kier molecular flexibility index (Phi) is 3.27. The van der Waals surface area contributed by atoms with Crippen molar-refractivity contribution in [1.29, 1.82) is 0 Å². The molecule has 1 aromatic rings. The first-order chi connectivity index (χ1) is 8.34. The van der Waals surface area contributed by atoms with Crippen LogP contribution in [0.3, 0.4) is 0 Å². The summed E-state index contributed by atoms with van der Waals surface area (Å²) in [7, 11) is 0. The predicted molar refractivity (Wildman–Crippen MR) is 63.6 cm³/mol. The van der Waals surface area contributed by atoms with Gasteiger partial charge in [0.25, 0.3) is 0 Å². The maximum atomic E-state index is 12.6. The SMILES string of the molecule is CCN1c2ccc(C(F)(F)F)cc2CC1C(C)O. The van der Waals surface area contributed by atoms with E-state index in [2.05, 4.69) is 0 Å². The van der Waals surface area contributed by atoms with Crippen molar-refractivity contribution < 1.29 is 18.3 Å². The van der Waals surface area contributed by atoms with Crippen molar-refractivity contribution in [3.05, 3.63) is 29.3 Å². The van der Waals surface area contributed by atoms with Gasteiger partial charge in [-0.15, -0.1) is 0 Å². The summed E-state index contributed by atoms with van der Waals surface area (Å²) in [6, 6.07) is 3.67. The third-order valence-corrected chi connectivity index (χ3v) is 3.44. The Labute approximate surface area is 104 Å². The molecule has 100 valence electrons. The van der Waals surface area contributed by atoms with Crippen LogP contribution in [0.5, 0.6) is 0 Å². The summed E-state index contributed by atoms with van der Waals surface area (Å²) in [5.41, 5.74) is 0.845. The molecule has 0 fully saturated rings. The van der Waals surface area contributed by atoms with E-state index in [4.69, 9.17) is 0 Å². The van der Waals surface area contributed by atoms with Crippen molar-refractivity contribution in [2.45, 2.75) is 38.6 Å². The van der Waals surface area contributed by atoms with E-state index in [1.54, 1.807) is 6.92 Å². The quantitative estimate of drug-likeness (QED) is 0.882. The summed E-state index contributed by atoms with van der Waals surface area (Å²) in [6.45, 7) is 4.28. The number of nitrogens with zero attached hydrogens (tertiary/aromatic N) is 1. The van der Waals surface area contributed by atoms with Crippen LogP contribution in [0.15, 0.2) is 18.2 Å². The molecular formula is C13H16F3NO. The van der Waals surface area contributed by atoms with Crippen LogP contribution in [-0.4, -0.2) is 23.8 Å². The fraction of sp³-hybridized carbons (Fsp3) is 0.538. The molecule has 1 N–H and O–H groups in total. The Hall–Kier alpha value is -1.23. The molecule has 0 saturated heterocycles. The zero-order valence-corrected chi connectivity index (χ0v) is 10.3. The molecule has 1 aromatic carbocycles. The Balaban J connectivity index is 2.38. The van der Waals surface area contributed by atoms with Gasteiger partial charge in [0.15, 0.2) is 0 Å². The van der Waals surface area contributed by atoms with Gasteiger partial charge in [0.05, 0.1) is 17.7 Å². The van der Waals surface area contributed by atoms with Crippen LogP contribution in [0.4, 0.5) is 18.9 Å². The number of benzene rings is 1. The van der Waals surface area contributed by atoms with E-state index in [9.17, 15) is 18.3 Å². The number of alkyl halides is 3. The second-order valence-corrected chi connectivity index (χ2v) is 4.64. The number of rotatable bonds is 2. The predicted octanol–water partition coefficient (Wildman–Crippen LogP) is 2.84. The van der Waals surface area contributed by atoms with Crippen molar-refractivity contribution in [1.82, 2.24) is 0 Å². The smallest absolute Gasteiger partial charge is 0.391 e. The second-order valence-electron chi connectivity index (χ2n) is 4.64. The number of aliphatic hydroxyl groups excluding tert-OH is 1. The van der Waals surface area contributed by atoms with Crippen LogP contribution in [0.25, 0.3) is 0 Å². The van der Waals surface area contributed by atoms with Gasteiger partial charge in [0.1, 0.15) is 0 Å². The molecule has 0 saturated carbocycles. The number of hydrogen-bond acceptors (Lipinski definition) is 2. The zero-order chi connectivity index (χ0) is 13.5. The third-order valence-electron chi connectivity index (χ3n) is 3.44. The highest BCUT2D eigenvalue weighted by atomic mass is 19.4. The Morgan fingerprint density at radius 1 is 1.44 bits per heavy atom. The fourth-order valence-corrected chi connectivity index (χ4v) is 2.56. The van der Waals surface area contributed by atoms with Gasteiger partial charge in [-0.2, -0.15) is 13.2 Å². The molecule has 0 aromatic heterocycles. The van der Waals surface area contributed by atoms with Crippen molar-refractivity contribution in [2.24, 2.45) is 0 Å². The van der Waals surface area contributed by atoms with Gasteiger partial charge in [-0.1, -0.05) is 0 Å². The van der Waals surface area contributed by atoms with E-state index in [1.807, 2.05) is 11.8 Å². The van der Waals surface area contributed by atoms with E-state index in [0.717, 1.165) is 11.8 Å². The molecule has 0 aliphatic carbocycles. The third kappa shape index (κ3) is 2.19. The highest BCUT2D eigenvalue weighted by Gasteiger charge is 2.35. The molecule has 0 radical (unpaired) electrons. The van der Waals surface area contributed by atoms with Gasteiger partial charge in [-0.05, 0) is 44.0 Å². The topological polar surface area (TPSA) is 23.5 Å². The van der Waals surface area contributed by atoms with E-state index in [-0.39, 0.29) is 6.04 Å². The minimum atomic E-state index is -4.31. The number of anilines is 1. The number of aliphatic hydroxyl groups is 1. The monoisotopic (exact) mass is 259 g/mol. The Morgan fingerprint density at radius 3 is 2.61 bits per heavy atom. The van der Waals surface area contributed by atoms with Gasteiger partial charge in [0, 0.05) is 12.2 Å². The summed E-state index contributed by atoms with van der Waals surface area (Å²) in [4.78, 5) is 1.96. The molecule has 1 heterocycles. The molecule has 0 spiro atoms. The van der Waals surface area contributed by atoms with E-state index < -0.39 is 17.8 Å². The lowest BCUT2D eigenvalue weighted by molar-refractivity contribution is -0.137. The molecular weight excluding hydrogens is 243 g/mol. The molecule has 1 aliphatic heterocycles.